The normalized spacial score (nSPS) is 11.7. The quantitative estimate of drug-likeness (QED) is 0.777. The molecular formula is C15H18N4O2. The van der Waals surface area contributed by atoms with Crippen LogP contribution in [0, 0.1) is 0 Å². The van der Waals surface area contributed by atoms with Crippen LogP contribution >= 0.6 is 0 Å². The number of aliphatic hydroxyl groups is 1. The van der Waals surface area contributed by atoms with E-state index in [1.807, 2.05) is 31.2 Å². The summed E-state index contributed by atoms with van der Waals surface area (Å²) in [6.07, 6.45) is 5.01. The average molecular weight is 286 g/mol. The van der Waals surface area contributed by atoms with Gasteiger partial charge in [0.1, 0.15) is 6.33 Å². The fourth-order valence-corrected chi connectivity index (χ4v) is 1.91. The summed E-state index contributed by atoms with van der Waals surface area (Å²) in [7, 11) is 0. The van der Waals surface area contributed by atoms with Gasteiger partial charge in [-0.25, -0.2) is 14.8 Å². The van der Waals surface area contributed by atoms with Crippen molar-refractivity contribution in [3.63, 3.8) is 0 Å². The van der Waals surface area contributed by atoms with E-state index in [1.54, 1.807) is 12.4 Å². The molecular weight excluding hydrogens is 268 g/mol. The molecule has 0 fully saturated rings. The number of rotatable bonds is 5. The third-order valence-corrected chi connectivity index (χ3v) is 3.05. The van der Waals surface area contributed by atoms with Crippen molar-refractivity contribution in [3.05, 3.63) is 48.5 Å². The maximum Gasteiger partial charge on any atom is 0.315 e. The molecule has 110 valence electrons. The van der Waals surface area contributed by atoms with Crippen LogP contribution in [0.3, 0.4) is 0 Å². The van der Waals surface area contributed by atoms with Gasteiger partial charge in [0.15, 0.2) is 0 Å². The molecule has 1 aromatic heterocycles. The van der Waals surface area contributed by atoms with E-state index in [4.69, 9.17) is 5.11 Å². The third-order valence-electron chi connectivity index (χ3n) is 3.05. The van der Waals surface area contributed by atoms with Crippen molar-refractivity contribution >= 4 is 6.03 Å². The Bertz CT molecular complexity index is 572. The topological polar surface area (TPSA) is 87.1 Å². The van der Waals surface area contributed by atoms with E-state index in [0.29, 0.717) is 0 Å². The average Bonchev–Trinajstić information content (AvgIpc) is 2.54. The lowest BCUT2D eigenvalue weighted by atomic mass is 10.0. The predicted octanol–water partition coefficient (Wildman–Crippen LogP) is 1.50. The minimum absolute atomic E-state index is 0.0738. The van der Waals surface area contributed by atoms with Crippen LogP contribution in [0.25, 0.3) is 11.1 Å². The minimum Gasteiger partial charge on any atom is -0.395 e. The van der Waals surface area contributed by atoms with E-state index < -0.39 is 0 Å². The number of aliphatic hydroxyl groups excluding tert-OH is 1. The highest BCUT2D eigenvalue weighted by Crippen LogP contribution is 2.20. The Morgan fingerprint density at radius 3 is 2.48 bits per heavy atom. The number of nitrogens with one attached hydrogen (secondary N) is 2. The summed E-state index contributed by atoms with van der Waals surface area (Å²) in [5, 5.41) is 14.0. The summed E-state index contributed by atoms with van der Waals surface area (Å²) >= 11 is 0. The van der Waals surface area contributed by atoms with Crippen LogP contribution in [0.4, 0.5) is 4.79 Å². The Morgan fingerprint density at radius 1 is 1.19 bits per heavy atom. The first-order chi connectivity index (χ1) is 10.2. The number of amides is 2. The van der Waals surface area contributed by atoms with Gasteiger partial charge in [0.05, 0.1) is 12.6 Å². The Balaban J connectivity index is 2.00. The van der Waals surface area contributed by atoms with Gasteiger partial charge in [-0.05, 0) is 18.1 Å². The second kappa shape index (κ2) is 7.35. The molecule has 0 radical (unpaired) electrons. The summed E-state index contributed by atoms with van der Waals surface area (Å²) < 4.78 is 0. The van der Waals surface area contributed by atoms with Crippen molar-refractivity contribution in [1.82, 2.24) is 20.6 Å². The molecule has 1 heterocycles. The molecule has 3 N–H and O–H groups in total. The van der Waals surface area contributed by atoms with Gasteiger partial charge in [0.2, 0.25) is 0 Å². The van der Waals surface area contributed by atoms with Crippen molar-refractivity contribution in [2.75, 3.05) is 13.2 Å². The second-order valence-electron chi connectivity index (χ2n) is 4.59. The SMILES string of the molecule is C[C@H](NC(=O)NCCO)c1ccc(-c2cncnc2)cc1. The van der Waals surface area contributed by atoms with Crippen LogP contribution < -0.4 is 10.6 Å². The fourth-order valence-electron chi connectivity index (χ4n) is 1.91. The van der Waals surface area contributed by atoms with Crippen molar-refractivity contribution in [3.8, 4) is 11.1 Å². The van der Waals surface area contributed by atoms with E-state index in [-0.39, 0.29) is 25.2 Å². The van der Waals surface area contributed by atoms with Gasteiger partial charge in [-0.3, -0.25) is 0 Å². The Hall–Kier alpha value is -2.47. The molecule has 21 heavy (non-hydrogen) atoms. The number of aromatic nitrogens is 2. The number of benzene rings is 1. The van der Waals surface area contributed by atoms with Crippen LogP contribution in [0.5, 0.6) is 0 Å². The molecule has 2 aromatic rings. The first kappa shape index (κ1) is 14.9. The van der Waals surface area contributed by atoms with E-state index >= 15 is 0 Å². The fraction of sp³-hybridized carbons (Fsp3) is 0.267. The summed E-state index contributed by atoms with van der Waals surface area (Å²) in [4.78, 5) is 19.5. The highest BCUT2D eigenvalue weighted by atomic mass is 16.3. The lowest BCUT2D eigenvalue weighted by Crippen LogP contribution is -2.38. The molecule has 6 heteroatoms. The summed E-state index contributed by atoms with van der Waals surface area (Å²) in [5.74, 6) is 0. The summed E-state index contributed by atoms with van der Waals surface area (Å²) in [6, 6.07) is 7.44. The van der Waals surface area contributed by atoms with E-state index in [1.165, 1.54) is 6.33 Å². The second-order valence-corrected chi connectivity index (χ2v) is 4.59. The predicted molar refractivity (Wildman–Crippen MR) is 79.5 cm³/mol. The molecule has 0 aliphatic heterocycles. The number of carbonyl (C=O) groups is 1. The molecule has 0 spiro atoms. The zero-order chi connectivity index (χ0) is 15.1. The largest absolute Gasteiger partial charge is 0.395 e. The molecule has 1 atom stereocenters. The minimum atomic E-state index is -0.294. The molecule has 0 saturated heterocycles. The van der Waals surface area contributed by atoms with E-state index in [9.17, 15) is 4.79 Å². The molecule has 0 bridgehead atoms. The molecule has 0 aliphatic rings. The van der Waals surface area contributed by atoms with E-state index in [2.05, 4.69) is 20.6 Å². The number of hydrogen-bond donors (Lipinski definition) is 3. The zero-order valence-electron chi connectivity index (χ0n) is 11.8. The lowest BCUT2D eigenvalue weighted by Gasteiger charge is -2.15. The van der Waals surface area contributed by atoms with Crippen molar-refractivity contribution < 1.29 is 9.90 Å². The van der Waals surface area contributed by atoms with Crippen molar-refractivity contribution in [2.24, 2.45) is 0 Å². The van der Waals surface area contributed by atoms with Gasteiger partial charge in [-0.2, -0.15) is 0 Å². The van der Waals surface area contributed by atoms with Gasteiger partial charge in [-0.15, -0.1) is 0 Å². The highest BCUT2D eigenvalue weighted by Gasteiger charge is 2.09. The number of nitrogens with zero attached hydrogens (tertiary/aromatic N) is 2. The van der Waals surface area contributed by atoms with Crippen LogP contribution in [-0.2, 0) is 0 Å². The van der Waals surface area contributed by atoms with Crippen LogP contribution in [0.2, 0.25) is 0 Å². The van der Waals surface area contributed by atoms with Crippen LogP contribution in [0.15, 0.2) is 43.0 Å². The van der Waals surface area contributed by atoms with Crippen LogP contribution in [-0.4, -0.2) is 34.3 Å². The molecule has 2 rings (SSSR count). The number of urea groups is 1. The van der Waals surface area contributed by atoms with Crippen LogP contribution in [0.1, 0.15) is 18.5 Å². The zero-order valence-corrected chi connectivity index (χ0v) is 11.8. The molecule has 2 amide bonds. The van der Waals surface area contributed by atoms with Gasteiger partial charge in [0, 0.05) is 24.5 Å². The monoisotopic (exact) mass is 286 g/mol. The Kier molecular flexibility index (Phi) is 5.22. The standard InChI is InChI=1S/C15H18N4O2/c1-11(19-15(21)18-6-7-20)12-2-4-13(5-3-12)14-8-16-10-17-9-14/h2-5,8-11,20H,6-7H2,1H3,(H2,18,19,21)/t11-/m0/s1. The summed E-state index contributed by atoms with van der Waals surface area (Å²) in [5.41, 5.74) is 2.97. The molecule has 0 saturated carbocycles. The summed E-state index contributed by atoms with van der Waals surface area (Å²) in [6.45, 7) is 2.07. The van der Waals surface area contributed by atoms with Crippen molar-refractivity contribution in [1.29, 1.82) is 0 Å². The van der Waals surface area contributed by atoms with Gasteiger partial charge >= 0.3 is 6.03 Å². The molecule has 1 aromatic carbocycles. The third kappa shape index (κ3) is 4.25. The van der Waals surface area contributed by atoms with Gasteiger partial charge < -0.3 is 15.7 Å². The van der Waals surface area contributed by atoms with Gasteiger partial charge in [0.25, 0.3) is 0 Å². The number of carbonyl (C=O) groups excluding carboxylic acids is 1. The molecule has 0 unspecified atom stereocenters. The Labute approximate surface area is 123 Å². The maximum atomic E-state index is 11.5. The molecule has 6 nitrogen and oxygen atoms in total. The van der Waals surface area contributed by atoms with Crippen molar-refractivity contribution in [2.45, 2.75) is 13.0 Å². The Morgan fingerprint density at radius 2 is 1.86 bits per heavy atom. The first-order valence-corrected chi connectivity index (χ1v) is 6.71. The highest BCUT2D eigenvalue weighted by molar-refractivity contribution is 5.74. The maximum absolute atomic E-state index is 11.5. The lowest BCUT2D eigenvalue weighted by molar-refractivity contribution is 0.231. The smallest absolute Gasteiger partial charge is 0.315 e. The molecule has 0 aliphatic carbocycles. The van der Waals surface area contributed by atoms with E-state index in [0.717, 1.165) is 16.7 Å². The first-order valence-electron chi connectivity index (χ1n) is 6.71. The van der Waals surface area contributed by atoms with Gasteiger partial charge in [-0.1, -0.05) is 24.3 Å². The number of hydrogen-bond acceptors (Lipinski definition) is 4.